The van der Waals surface area contributed by atoms with E-state index < -0.39 is 12.6 Å². The molecule has 0 amide bonds. The maximum absolute atomic E-state index is 12.1. The summed E-state index contributed by atoms with van der Waals surface area (Å²) in [4.78, 5) is 0. The summed E-state index contributed by atoms with van der Waals surface area (Å²) in [5.74, 6) is 0. The van der Waals surface area contributed by atoms with Crippen LogP contribution < -0.4 is 5.32 Å². The summed E-state index contributed by atoms with van der Waals surface area (Å²) < 4.78 is 41.7. The van der Waals surface area contributed by atoms with E-state index in [0.717, 1.165) is 32.2 Å². The Balaban J connectivity index is 2.26. The maximum Gasteiger partial charge on any atom is 0.391 e. The van der Waals surface area contributed by atoms with Crippen molar-refractivity contribution in [3.05, 3.63) is 0 Å². The number of rotatable bonds is 6. The zero-order chi connectivity index (χ0) is 13.9. The molecule has 0 unspecified atom stereocenters. The van der Waals surface area contributed by atoms with E-state index in [9.17, 15) is 13.2 Å². The fourth-order valence-corrected chi connectivity index (χ4v) is 2.09. The Bertz CT molecular complexity index is 232. The molecule has 0 aromatic carbocycles. The van der Waals surface area contributed by atoms with Gasteiger partial charge in [-0.2, -0.15) is 13.2 Å². The number of hydrogen-bond donors (Lipinski definition) is 1. The average molecular weight is 267 g/mol. The van der Waals surface area contributed by atoms with Crippen molar-refractivity contribution in [1.82, 2.24) is 5.32 Å². The van der Waals surface area contributed by atoms with E-state index in [-0.39, 0.29) is 17.7 Å². The molecule has 2 nitrogen and oxygen atoms in total. The van der Waals surface area contributed by atoms with Gasteiger partial charge in [-0.05, 0) is 53.0 Å². The molecule has 1 saturated carbocycles. The molecule has 0 spiro atoms. The highest BCUT2D eigenvalue weighted by atomic mass is 19.4. The van der Waals surface area contributed by atoms with Gasteiger partial charge in [-0.15, -0.1) is 0 Å². The van der Waals surface area contributed by atoms with Gasteiger partial charge in [0.15, 0.2) is 0 Å². The molecular weight excluding hydrogens is 243 g/mol. The lowest BCUT2D eigenvalue weighted by Gasteiger charge is -2.42. The van der Waals surface area contributed by atoms with Crippen LogP contribution in [0.1, 0.15) is 52.9 Å². The molecule has 1 fully saturated rings. The van der Waals surface area contributed by atoms with Crippen molar-refractivity contribution in [2.75, 3.05) is 13.2 Å². The van der Waals surface area contributed by atoms with Crippen molar-refractivity contribution in [1.29, 1.82) is 0 Å². The molecule has 1 rings (SSSR count). The van der Waals surface area contributed by atoms with Crippen LogP contribution in [0.25, 0.3) is 0 Å². The van der Waals surface area contributed by atoms with Gasteiger partial charge in [-0.1, -0.05) is 0 Å². The molecule has 0 heterocycles. The van der Waals surface area contributed by atoms with Crippen molar-refractivity contribution in [3.63, 3.8) is 0 Å². The Morgan fingerprint density at radius 3 is 2.17 bits per heavy atom. The third kappa shape index (κ3) is 6.05. The minimum Gasteiger partial charge on any atom is -0.375 e. The van der Waals surface area contributed by atoms with Crippen LogP contribution in [0.2, 0.25) is 0 Å². The van der Waals surface area contributed by atoms with E-state index in [0.29, 0.717) is 0 Å². The summed E-state index contributed by atoms with van der Waals surface area (Å²) in [6.07, 6.45) is -1.34. The standard InChI is InChI=1S/C13H24F3NO/c1-11(2,3)17-9-7-12(5-4-6-12)18-10-8-13(14,15)16/h17H,4-10H2,1-3H3. The Labute approximate surface area is 107 Å². The van der Waals surface area contributed by atoms with E-state index in [1.807, 2.05) is 0 Å². The summed E-state index contributed by atoms with van der Waals surface area (Å²) in [7, 11) is 0. The van der Waals surface area contributed by atoms with Crippen LogP contribution in [-0.4, -0.2) is 30.5 Å². The highest BCUT2D eigenvalue weighted by molar-refractivity contribution is 4.91. The van der Waals surface area contributed by atoms with Crippen LogP contribution in [0.5, 0.6) is 0 Å². The van der Waals surface area contributed by atoms with Gasteiger partial charge in [0.25, 0.3) is 0 Å². The lowest BCUT2D eigenvalue weighted by Crippen LogP contribution is -2.46. The van der Waals surface area contributed by atoms with Crippen LogP contribution >= 0.6 is 0 Å². The second-order valence-corrected chi connectivity index (χ2v) is 6.18. The molecule has 0 aromatic heterocycles. The van der Waals surface area contributed by atoms with Gasteiger partial charge < -0.3 is 10.1 Å². The fraction of sp³-hybridized carbons (Fsp3) is 1.00. The van der Waals surface area contributed by atoms with Gasteiger partial charge in [0.05, 0.1) is 18.6 Å². The minimum absolute atomic E-state index is 0.0386. The minimum atomic E-state index is -4.12. The predicted octanol–water partition coefficient (Wildman–Crippen LogP) is 3.66. The topological polar surface area (TPSA) is 21.3 Å². The van der Waals surface area contributed by atoms with Crippen LogP contribution in [0.3, 0.4) is 0 Å². The largest absolute Gasteiger partial charge is 0.391 e. The quantitative estimate of drug-likeness (QED) is 0.793. The zero-order valence-corrected chi connectivity index (χ0v) is 11.5. The normalized spacial score (nSPS) is 19.7. The second kappa shape index (κ2) is 5.78. The molecule has 0 saturated heterocycles. The molecule has 1 aliphatic carbocycles. The molecule has 0 radical (unpaired) electrons. The van der Waals surface area contributed by atoms with Crippen LogP contribution in [-0.2, 0) is 4.74 Å². The monoisotopic (exact) mass is 267 g/mol. The van der Waals surface area contributed by atoms with Gasteiger partial charge in [0.1, 0.15) is 0 Å². The van der Waals surface area contributed by atoms with E-state index in [2.05, 4.69) is 26.1 Å². The smallest absolute Gasteiger partial charge is 0.375 e. The Kier molecular flexibility index (Phi) is 5.06. The first-order valence-electron chi connectivity index (χ1n) is 6.58. The molecule has 0 atom stereocenters. The van der Waals surface area contributed by atoms with Crippen molar-refractivity contribution < 1.29 is 17.9 Å². The van der Waals surface area contributed by atoms with E-state index >= 15 is 0 Å². The molecule has 0 aliphatic heterocycles. The van der Waals surface area contributed by atoms with Gasteiger partial charge in [-0.25, -0.2) is 0 Å². The Morgan fingerprint density at radius 2 is 1.78 bits per heavy atom. The summed E-state index contributed by atoms with van der Waals surface area (Å²) in [6.45, 7) is 6.80. The van der Waals surface area contributed by atoms with Gasteiger partial charge >= 0.3 is 6.18 Å². The van der Waals surface area contributed by atoms with Gasteiger partial charge in [-0.3, -0.25) is 0 Å². The van der Waals surface area contributed by atoms with Gasteiger partial charge in [0.2, 0.25) is 0 Å². The fourth-order valence-electron chi connectivity index (χ4n) is 2.09. The summed E-state index contributed by atoms with van der Waals surface area (Å²) in [6, 6.07) is 0. The molecule has 18 heavy (non-hydrogen) atoms. The molecule has 108 valence electrons. The van der Waals surface area contributed by atoms with Gasteiger partial charge in [0, 0.05) is 5.54 Å². The zero-order valence-electron chi connectivity index (χ0n) is 11.5. The van der Waals surface area contributed by atoms with Crippen molar-refractivity contribution >= 4 is 0 Å². The number of hydrogen-bond acceptors (Lipinski definition) is 2. The second-order valence-electron chi connectivity index (χ2n) is 6.18. The summed E-state index contributed by atoms with van der Waals surface area (Å²) in [5.41, 5.74) is -0.263. The number of alkyl halides is 3. The highest BCUT2D eigenvalue weighted by Crippen LogP contribution is 2.39. The van der Waals surface area contributed by atoms with Crippen molar-refractivity contribution in [3.8, 4) is 0 Å². The van der Waals surface area contributed by atoms with E-state index in [4.69, 9.17) is 4.74 Å². The molecule has 1 aliphatic rings. The Hall–Kier alpha value is -0.290. The van der Waals surface area contributed by atoms with Crippen molar-refractivity contribution in [2.24, 2.45) is 0 Å². The first kappa shape index (κ1) is 15.8. The SMILES string of the molecule is CC(C)(C)NCCC1(OCCC(F)(F)F)CCC1. The first-order chi connectivity index (χ1) is 8.12. The number of nitrogens with one attached hydrogen (secondary N) is 1. The lowest BCUT2D eigenvalue weighted by atomic mass is 9.77. The molecule has 0 bridgehead atoms. The van der Waals surface area contributed by atoms with Crippen LogP contribution in [0.15, 0.2) is 0 Å². The highest BCUT2D eigenvalue weighted by Gasteiger charge is 2.38. The summed E-state index contributed by atoms with van der Waals surface area (Å²) in [5, 5.41) is 3.35. The number of halogens is 3. The third-order valence-electron chi connectivity index (χ3n) is 3.29. The van der Waals surface area contributed by atoms with E-state index in [1.54, 1.807) is 0 Å². The molecule has 1 N–H and O–H groups in total. The maximum atomic E-state index is 12.1. The third-order valence-corrected chi connectivity index (χ3v) is 3.29. The van der Waals surface area contributed by atoms with E-state index in [1.165, 1.54) is 0 Å². The first-order valence-corrected chi connectivity index (χ1v) is 6.58. The molecule has 0 aromatic rings. The average Bonchev–Trinajstić information content (AvgIpc) is 2.08. The van der Waals surface area contributed by atoms with Crippen LogP contribution in [0, 0.1) is 0 Å². The molecule has 5 heteroatoms. The predicted molar refractivity (Wildman–Crippen MR) is 65.6 cm³/mol. The lowest BCUT2D eigenvalue weighted by molar-refractivity contribution is -0.170. The molecular formula is C13H24F3NO. The Morgan fingerprint density at radius 1 is 1.17 bits per heavy atom. The number of ether oxygens (including phenoxy) is 1. The summed E-state index contributed by atoms with van der Waals surface area (Å²) >= 11 is 0. The van der Waals surface area contributed by atoms with Crippen molar-refractivity contribution in [2.45, 2.75) is 70.2 Å². The van der Waals surface area contributed by atoms with Crippen LogP contribution in [0.4, 0.5) is 13.2 Å².